The number of thioether (sulfide) groups is 1. The fraction of sp³-hybridized carbons (Fsp3) is 0.767. The Kier molecular flexibility index (Phi) is 19.9. The molecule has 0 rings (SSSR count). The largest absolute Gasteiger partial charge is 0.511 e. The van der Waals surface area contributed by atoms with Crippen LogP contribution in [0.4, 0.5) is 0 Å². The molecule has 0 heterocycles. The van der Waals surface area contributed by atoms with E-state index in [1.165, 1.54) is 69.2 Å². The van der Waals surface area contributed by atoms with Crippen LogP contribution in [0.25, 0.3) is 0 Å². The molecule has 0 aromatic rings. The minimum absolute atomic E-state index is 0.225. The molecular weight excluding hydrogens is 500 g/mol. The van der Waals surface area contributed by atoms with Gasteiger partial charge in [-0.15, -0.1) is 0 Å². The van der Waals surface area contributed by atoms with E-state index in [0.29, 0.717) is 5.75 Å². The van der Waals surface area contributed by atoms with E-state index in [0.717, 1.165) is 30.6 Å². The third-order valence-corrected chi connectivity index (χ3v) is 7.75. The van der Waals surface area contributed by atoms with Crippen LogP contribution in [0.1, 0.15) is 106 Å². The minimum Gasteiger partial charge on any atom is -0.511 e. The van der Waals surface area contributed by atoms with Gasteiger partial charge in [-0.25, -0.2) is 4.79 Å². The van der Waals surface area contributed by atoms with Gasteiger partial charge in [0, 0.05) is 18.4 Å². The maximum Gasteiger partial charge on any atom is 0.327 e. The van der Waals surface area contributed by atoms with Crippen molar-refractivity contribution in [2.75, 3.05) is 11.5 Å². The fourth-order valence-corrected chi connectivity index (χ4v) is 5.31. The van der Waals surface area contributed by atoms with E-state index in [4.69, 9.17) is 0 Å². The SMILES string of the molecule is C=C(O)C(CC(=O)NC(CSC/C=C(\C)CCCC(C)CCCC(C)CCCC(C)C)C(=O)O)NC(C)=O. The summed E-state index contributed by atoms with van der Waals surface area (Å²) in [4.78, 5) is 35.0. The van der Waals surface area contributed by atoms with E-state index in [-0.39, 0.29) is 17.9 Å². The van der Waals surface area contributed by atoms with Crippen LogP contribution in [0, 0.1) is 17.8 Å². The van der Waals surface area contributed by atoms with Gasteiger partial charge < -0.3 is 20.8 Å². The monoisotopic (exact) mass is 554 g/mol. The predicted molar refractivity (Wildman–Crippen MR) is 159 cm³/mol. The van der Waals surface area contributed by atoms with Crippen molar-refractivity contribution in [3.63, 3.8) is 0 Å². The van der Waals surface area contributed by atoms with Gasteiger partial charge >= 0.3 is 5.97 Å². The molecule has 220 valence electrons. The molecule has 0 saturated carbocycles. The highest BCUT2D eigenvalue weighted by atomic mass is 32.2. The number of carboxylic acid groups (broad SMARTS) is 1. The Balaban J connectivity index is 4.22. The second kappa shape index (κ2) is 20.9. The smallest absolute Gasteiger partial charge is 0.327 e. The van der Waals surface area contributed by atoms with Gasteiger partial charge in [0.2, 0.25) is 11.8 Å². The third-order valence-electron chi connectivity index (χ3n) is 6.78. The molecule has 2 amide bonds. The molecule has 0 aliphatic rings. The first-order valence-corrected chi connectivity index (χ1v) is 15.4. The molecular formula is C30H54N2O5S. The fourth-order valence-electron chi connectivity index (χ4n) is 4.31. The summed E-state index contributed by atoms with van der Waals surface area (Å²) in [5, 5.41) is 23.9. The molecule has 4 N–H and O–H groups in total. The molecule has 0 aliphatic carbocycles. The molecule has 0 saturated heterocycles. The van der Waals surface area contributed by atoms with E-state index in [9.17, 15) is 24.6 Å². The zero-order chi connectivity index (χ0) is 29.1. The first kappa shape index (κ1) is 36.0. The Labute approximate surface area is 235 Å². The van der Waals surface area contributed by atoms with Crippen molar-refractivity contribution in [2.24, 2.45) is 17.8 Å². The lowest BCUT2D eigenvalue weighted by Gasteiger charge is -2.18. The summed E-state index contributed by atoms with van der Waals surface area (Å²) in [6, 6.07) is -2.00. The number of allylic oxidation sites excluding steroid dienone is 1. The number of carboxylic acids is 1. The summed E-state index contributed by atoms with van der Waals surface area (Å²) in [5.74, 6) is 0.819. The molecule has 4 atom stereocenters. The van der Waals surface area contributed by atoms with Crippen molar-refractivity contribution >= 4 is 29.5 Å². The van der Waals surface area contributed by atoms with Gasteiger partial charge in [0.25, 0.3) is 0 Å². The number of aliphatic hydroxyl groups excluding tert-OH is 1. The molecule has 0 bridgehead atoms. The van der Waals surface area contributed by atoms with Gasteiger partial charge in [-0.2, -0.15) is 11.8 Å². The number of hydrogen-bond donors (Lipinski definition) is 4. The Morgan fingerprint density at radius 3 is 1.89 bits per heavy atom. The highest BCUT2D eigenvalue weighted by Crippen LogP contribution is 2.22. The molecule has 0 aromatic carbocycles. The minimum atomic E-state index is -1.12. The van der Waals surface area contributed by atoms with Crippen molar-refractivity contribution in [2.45, 2.75) is 118 Å². The van der Waals surface area contributed by atoms with Crippen molar-refractivity contribution in [1.29, 1.82) is 0 Å². The van der Waals surface area contributed by atoms with Crippen LogP contribution in [0.5, 0.6) is 0 Å². The lowest BCUT2D eigenvalue weighted by Crippen LogP contribution is -2.46. The van der Waals surface area contributed by atoms with Crippen molar-refractivity contribution in [1.82, 2.24) is 10.6 Å². The van der Waals surface area contributed by atoms with E-state index in [1.807, 2.05) is 0 Å². The first-order chi connectivity index (χ1) is 17.8. The maximum absolute atomic E-state index is 12.2. The van der Waals surface area contributed by atoms with Crippen molar-refractivity contribution in [3.05, 3.63) is 24.0 Å². The summed E-state index contributed by atoms with van der Waals surface area (Å²) in [6.07, 6.45) is 13.3. The molecule has 38 heavy (non-hydrogen) atoms. The number of aliphatic carboxylic acids is 1. The van der Waals surface area contributed by atoms with Crippen molar-refractivity contribution < 1.29 is 24.6 Å². The lowest BCUT2D eigenvalue weighted by atomic mass is 9.91. The number of carbonyl (C=O) groups is 3. The zero-order valence-electron chi connectivity index (χ0n) is 24.7. The van der Waals surface area contributed by atoms with Crippen LogP contribution < -0.4 is 10.6 Å². The summed E-state index contributed by atoms with van der Waals surface area (Å²) >= 11 is 1.45. The zero-order valence-corrected chi connectivity index (χ0v) is 25.5. The molecule has 0 aliphatic heterocycles. The summed E-state index contributed by atoms with van der Waals surface area (Å²) in [7, 11) is 0. The normalized spacial score (nSPS) is 15.0. The number of aliphatic hydroxyl groups is 1. The van der Waals surface area contributed by atoms with Gasteiger partial charge in [0.05, 0.1) is 12.5 Å². The highest BCUT2D eigenvalue weighted by Gasteiger charge is 2.23. The highest BCUT2D eigenvalue weighted by molar-refractivity contribution is 7.99. The second-order valence-electron chi connectivity index (χ2n) is 11.4. The van der Waals surface area contributed by atoms with Gasteiger partial charge in [0.1, 0.15) is 11.8 Å². The lowest BCUT2D eigenvalue weighted by molar-refractivity contribution is -0.141. The number of rotatable bonds is 22. The molecule has 0 fully saturated rings. The van der Waals surface area contributed by atoms with Gasteiger partial charge in [-0.1, -0.05) is 90.9 Å². The third kappa shape index (κ3) is 20.1. The quantitative estimate of drug-likeness (QED) is 0.0677. The Bertz CT molecular complexity index is 753. The van der Waals surface area contributed by atoms with E-state index >= 15 is 0 Å². The molecule has 4 unspecified atom stereocenters. The van der Waals surface area contributed by atoms with Gasteiger partial charge in [0.15, 0.2) is 0 Å². The molecule has 8 heteroatoms. The van der Waals surface area contributed by atoms with Crippen LogP contribution in [0.3, 0.4) is 0 Å². The first-order valence-electron chi connectivity index (χ1n) is 14.2. The van der Waals surface area contributed by atoms with E-state index < -0.39 is 29.9 Å². The Morgan fingerprint density at radius 1 is 0.842 bits per heavy atom. The van der Waals surface area contributed by atoms with Crippen LogP contribution in [0.15, 0.2) is 24.0 Å². The molecule has 0 aromatic heterocycles. The Morgan fingerprint density at radius 2 is 1.39 bits per heavy atom. The van der Waals surface area contributed by atoms with Crippen LogP contribution >= 0.6 is 11.8 Å². The number of nitrogens with one attached hydrogen (secondary N) is 2. The molecule has 0 radical (unpaired) electrons. The van der Waals surface area contributed by atoms with Gasteiger partial charge in [-0.05, 0) is 37.5 Å². The molecule has 7 nitrogen and oxygen atoms in total. The van der Waals surface area contributed by atoms with E-state index in [1.54, 1.807) is 0 Å². The number of amides is 2. The topological polar surface area (TPSA) is 116 Å². The van der Waals surface area contributed by atoms with Gasteiger partial charge in [-0.3, -0.25) is 9.59 Å². The predicted octanol–water partition coefficient (Wildman–Crippen LogP) is 6.64. The van der Waals surface area contributed by atoms with Crippen LogP contribution in [-0.4, -0.2) is 51.6 Å². The second-order valence-corrected chi connectivity index (χ2v) is 12.4. The van der Waals surface area contributed by atoms with E-state index in [2.05, 4.69) is 57.9 Å². The summed E-state index contributed by atoms with van der Waals surface area (Å²) in [5.41, 5.74) is 1.30. The van der Waals surface area contributed by atoms with Crippen molar-refractivity contribution in [3.8, 4) is 0 Å². The Hall–Kier alpha value is -1.96. The van der Waals surface area contributed by atoms with Crippen LogP contribution in [-0.2, 0) is 14.4 Å². The summed E-state index contributed by atoms with van der Waals surface area (Å²) in [6.45, 7) is 16.1. The number of carbonyl (C=O) groups excluding carboxylic acids is 2. The summed E-state index contributed by atoms with van der Waals surface area (Å²) < 4.78 is 0. The molecule has 0 spiro atoms. The average molecular weight is 555 g/mol. The standard InChI is InChI=1S/C30H54N2O5S/c1-21(2)11-8-12-22(3)13-9-14-23(4)15-10-16-24(5)17-18-38-20-28(30(36)37)32-29(35)19-27(25(6)33)31-26(7)34/h17,21-23,27-28,33H,6,8-16,18-20H2,1-5,7H3,(H,31,34)(H,32,35)(H,36,37)/b24-17+. The number of hydrogen-bond acceptors (Lipinski definition) is 5. The average Bonchev–Trinajstić information content (AvgIpc) is 2.79. The van der Waals surface area contributed by atoms with Crippen LogP contribution in [0.2, 0.25) is 0 Å². The maximum atomic E-state index is 12.2.